The molecular formula is C23H27BrO4. The van der Waals surface area contributed by atoms with Gasteiger partial charge in [0.15, 0.2) is 0 Å². The first-order valence-electron chi connectivity index (χ1n) is 9.42. The van der Waals surface area contributed by atoms with Gasteiger partial charge in [0.2, 0.25) is 0 Å². The molecule has 0 aliphatic carbocycles. The number of ether oxygens (including phenoxy) is 4. The Kier molecular flexibility index (Phi) is 5.94. The first-order chi connectivity index (χ1) is 13.3. The standard InChI is InChI=1S/C23H27BrO4/c1-12(2)27-17-10-8-9-15-18(17)22(26-7)19-16(21(15)25-6)11-14(5)20(24)23(19)28-13(3)4/h8-13H,1-7H3. The van der Waals surface area contributed by atoms with Crippen LogP contribution in [0.15, 0.2) is 28.7 Å². The third-order valence-corrected chi connectivity index (χ3v) is 5.48. The Morgan fingerprint density at radius 2 is 1.43 bits per heavy atom. The van der Waals surface area contributed by atoms with Crippen molar-refractivity contribution in [2.75, 3.05) is 14.2 Å². The van der Waals surface area contributed by atoms with Gasteiger partial charge in [-0.15, -0.1) is 0 Å². The van der Waals surface area contributed by atoms with E-state index in [2.05, 4.69) is 22.0 Å². The highest BCUT2D eigenvalue weighted by atomic mass is 79.9. The lowest BCUT2D eigenvalue weighted by Crippen LogP contribution is -2.09. The van der Waals surface area contributed by atoms with Gasteiger partial charge in [0.1, 0.15) is 23.0 Å². The number of hydrogen-bond donors (Lipinski definition) is 0. The summed E-state index contributed by atoms with van der Waals surface area (Å²) in [5.41, 5.74) is 1.07. The average Bonchev–Trinajstić information content (AvgIpc) is 2.63. The van der Waals surface area contributed by atoms with E-state index >= 15 is 0 Å². The molecule has 28 heavy (non-hydrogen) atoms. The van der Waals surface area contributed by atoms with Gasteiger partial charge in [-0.25, -0.2) is 0 Å². The summed E-state index contributed by atoms with van der Waals surface area (Å²) in [6, 6.07) is 8.07. The van der Waals surface area contributed by atoms with Crippen molar-refractivity contribution >= 4 is 37.5 Å². The Balaban J connectivity index is 2.59. The number of hydrogen-bond acceptors (Lipinski definition) is 4. The number of methoxy groups -OCH3 is 2. The van der Waals surface area contributed by atoms with Gasteiger partial charge in [-0.2, -0.15) is 0 Å². The van der Waals surface area contributed by atoms with Crippen LogP contribution in [0.25, 0.3) is 21.5 Å². The van der Waals surface area contributed by atoms with Gasteiger partial charge < -0.3 is 18.9 Å². The van der Waals surface area contributed by atoms with Crippen molar-refractivity contribution < 1.29 is 18.9 Å². The zero-order valence-corrected chi connectivity index (χ0v) is 19.1. The molecule has 3 aromatic rings. The van der Waals surface area contributed by atoms with Crippen LogP contribution in [0.2, 0.25) is 0 Å². The number of fused-ring (bicyclic) bond motifs is 2. The Morgan fingerprint density at radius 3 is 2.00 bits per heavy atom. The topological polar surface area (TPSA) is 36.9 Å². The Bertz CT molecular complexity index is 1020. The molecule has 0 saturated carbocycles. The van der Waals surface area contributed by atoms with E-state index in [-0.39, 0.29) is 12.2 Å². The maximum absolute atomic E-state index is 6.23. The van der Waals surface area contributed by atoms with Crippen LogP contribution < -0.4 is 18.9 Å². The molecular weight excluding hydrogens is 420 g/mol. The molecule has 0 aliphatic heterocycles. The van der Waals surface area contributed by atoms with Crippen LogP contribution >= 0.6 is 15.9 Å². The molecule has 0 atom stereocenters. The van der Waals surface area contributed by atoms with E-state index in [1.807, 2.05) is 52.8 Å². The largest absolute Gasteiger partial charge is 0.495 e. The fraction of sp³-hybridized carbons (Fsp3) is 0.391. The number of halogens is 1. The van der Waals surface area contributed by atoms with E-state index < -0.39 is 0 Å². The molecule has 0 amide bonds. The monoisotopic (exact) mass is 446 g/mol. The number of rotatable bonds is 6. The molecule has 5 heteroatoms. The molecule has 0 aliphatic rings. The average molecular weight is 447 g/mol. The van der Waals surface area contributed by atoms with Crippen LogP contribution in [0, 0.1) is 6.92 Å². The van der Waals surface area contributed by atoms with E-state index in [9.17, 15) is 0 Å². The molecule has 0 unspecified atom stereocenters. The first-order valence-corrected chi connectivity index (χ1v) is 10.2. The zero-order valence-electron chi connectivity index (χ0n) is 17.5. The third-order valence-electron chi connectivity index (χ3n) is 4.50. The smallest absolute Gasteiger partial charge is 0.145 e. The molecule has 0 heterocycles. The summed E-state index contributed by atoms with van der Waals surface area (Å²) in [6.07, 6.45) is 0.0444. The van der Waals surface area contributed by atoms with Crippen LogP contribution in [0.4, 0.5) is 0 Å². The van der Waals surface area contributed by atoms with Gasteiger partial charge in [0.25, 0.3) is 0 Å². The van der Waals surface area contributed by atoms with Crippen LogP contribution in [0.5, 0.6) is 23.0 Å². The minimum Gasteiger partial charge on any atom is -0.495 e. The van der Waals surface area contributed by atoms with Crippen LogP contribution in [0.3, 0.4) is 0 Å². The van der Waals surface area contributed by atoms with Crippen molar-refractivity contribution in [1.82, 2.24) is 0 Å². The summed E-state index contributed by atoms with van der Waals surface area (Å²) < 4.78 is 25.1. The number of aryl methyl sites for hydroxylation is 1. The van der Waals surface area contributed by atoms with Crippen LogP contribution in [0.1, 0.15) is 33.3 Å². The molecule has 0 aromatic heterocycles. The lowest BCUT2D eigenvalue weighted by Gasteiger charge is -2.22. The summed E-state index contributed by atoms with van der Waals surface area (Å²) in [7, 11) is 3.37. The normalized spacial score (nSPS) is 11.5. The lowest BCUT2D eigenvalue weighted by molar-refractivity contribution is 0.243. The van der Waals surface area contributed by atoms with Crippen LogP contribution in [-0.2, 0) is 0 Å². The minimum absolute atomic E-state index is 0.00913. The highest BCUT2D eigenvalue weighted by Crippen LogP contribution is 2.52. The fourth-order valence-electron chi connectivity index (χ4n) is 3.51. The molecule has 0 radical (unpaired) electrons. The SMILES string of the molecule is COc1c2cccc(OC(C)C)c2c(OC)c2c(OC(C)C)c(Br)c(C)cc12. The van der Waals surface area contributed by atoms with Crippen molar-refractivity contribution in [3.63, 3.8) is 0 Å². The second kappa shape index (κ2) is 8.08. The quantitative estimate of drug-likeness (QED) is 0.396. The van der Waals surface area contributed by atoms with E-state index in [0.29, 0.717) is 0 Å². The predicted molar refractivity (Wildman–Crippen MR) is 119 cm³/mol. The Hall–Kier alpha value is -2.14. The molecule has 0 spiro atoms. The summed E-state index contributed by atoms with van der Waals surface area (Å²) in [6.45, 7) is 10.1. The van der Waals surface area contributed by atoms with Gasteiger partial charge in [-0.3, -0.25) is 0 Å². The molecule has 0 N–H and O–H groups in total. The van der Waals surface area contributed by atoms with Crippen LogP contribution in [-0.4, -0.2) is 26.4 Å². The van der Waals surface area contributed by atoms with E-state index in [1.54, 1.807) is 14.2 Å². The predicted octanol–water partition coefficient (Wildman–Crippen LogP) is 6.66. The van der Waals surface area contributed by atoms with Crippen molar-refractivity contribution in [2.24, 2.45) is 0 Å². The second-order valence-corrected chi connectivity index (χ2v) is 8.13. The molecule has 4 nitrogen and oxygen atoms in total. The van der Waals surface area contributed by atoms with Crippen molar-refractivity contribution in [3.05, 3.63) is 34.3 Å². The van der Waals surface area contributed by atoms with E-state index in [4.69, 9.17) is 18.9 Å². The number of benzene rings is 3. The highest BCUT2D eigenvalue weighted by molar-refractivity contribution is 9.10. The third kappa shape index (κ3) is 3.48. The first kappa shape index (κ1) is 20.6. The molecule has 0 saturated heterocycles. The van der Waals surface area contributed by atoms with Crippen molar-refractivity contribution in [3.8, 4) is 23.0 Å². The summed E-state index contributed by atoms with van der Waals surface area (Å²) in [4.78, 5) is 0. The van der Waals surface area contributed by atoms with Gasteiger partial charge >= 0.3 is 0 Å². The van der Waals surface area contributed by atoms with Gasteiger partial charge in [-0.05, 0) is 68.2 Å². The van der Waals surface area contributed by atoms with Gasteiger partial charge in [-0.1, -0.05) is 12.1 Å². The van der Waals surface area contributed by atoms with E-state index in [1.165, 1.54) is 0 Å². The maximum Gasteiger partial charge on any atom is 0.145 e. The van der Waals surface area contributed by atoms with Gasteiger partial charge in [0.05, 0.1) is 41.7 Å². The lowest BCUT2D eigenvalue weighted by atomic mass is 9.97. The zero-order chi connectivity index (χ0) is 20.6. The fourth-order valence-corrected chi connectivity index (χ4v) is 3.92. The Morgan fingerprint density at radius 1 is 0.786 bits per heavy atom. The summed E-state index contributed by atoms with van der Waals surface area (Å²) in [5.74, 6) is 3.01. The molecule has 150 valence electrons. The van der Waals surface area contributed by atoms with Gasteiger partial charge in [0, 0.05) is 10.8 Å². The van der Waals surface area contributed by atoms with Crippen molar-refractivity contribution in [2.45, 2.75) is 46.8 Å². The second-order valence-electron chi connectivity index (χ2n) is 7.34. The van der Waals surface area contributed by atoms with E-state index in [0.717, 1.165) is 54.6 Å². The molecule has 3 rings (SSSR count). The highest BCUT2D eigenvalue weighted by Gasteiger charge is 2.24. The Labute approximate surface area is 174 Å². The maximum atomic E-state index is 6.23. The molecule has 0 fully saturated rings. The van der Waals surface area contributed by atoms with Crippen molar-refractivity contribution in [1.29, 1.82) is 0 Å². The summed E-state index contributed by atoms with van der Waals surface area (Å²) in [5, 5.41) is 3.65. The minimum atomic E-state index is 0.00913. The molecule has 3 aromatic carbocycles. The summed E-state index contributed by atoms with van der Waals surface area (Å²) >= 11 is 3.71. The molecule has 0 bridgehead atoms.